The molecule has 1 aromatic heterocycles. The van der Waals surface area contributed by atoms with E-state index in [4.69, 9.17) is 23.2 Å². The number of hydrogen-bond acceptors (Lipinski definition) is 4. The summed E-state index contributed by atoms with van der Waals surface area (Å²) < 4.78 is 0. The van der Waals surface area contributed by atoms with E-state index in [1.54, 1.807) is 6.92 Å². The summed E-state index contributed by atoms with van der Waals surface area (Å²) in [7, 11) is 0. The number of anilines is 1. The molecule has 0 fully saturated rings. The molecule has 2 aromatic rings. The first kappa shape index (κ1) is 15.2. The van der Waals surface area contributed by atoms with Crippen molar-refractivity contribution in [3.05, 3.63) is 61.7 Å². The van der Waals surface area contributed by atoms with Crippen molar-refractivity contribution in [3.8, 4) is 0 Å². The van der Waals surface area contributed by atoms with Gasteiger partial charge in [0.25, 0.3) is 11.6 Å². The van der Waals surface area contributed by atoms with Crippen LogP contribution in [0.25, 0.3) is 0 Å². The van der Waals surface area contributed by atoms with E-state index in [1.165, 1.54) is 24.3 Å². The first-order chi connectivity index (χ1) is 9.88. The van der Waals surface area contributed by atoms with Gasteiger partial charge in [-0.05, 0) is 30.7 Å². The first-order valence-corrected chi connectivity index (χ1v) is 6.51. The van der Waals surface area contributed by atoms with Crippen molar-refractivity contribution in [3.63, 3.8) is 0 Å². The topological polar surface area (TPSA) is 85.1 Å². The summed E-state index contributed by atoms with van der Waals surface area (Å²) in [4.78, 5) is 26.0. The van der Waals surface area contributed by atoms with Crippen molar-refractivity contribution in [2.45, 2.75) is 6.92 Å². The highest BCUT2D eigenvalue weighted by molar-refractivity contribution is 6.42. The molecule has 1 amide bonds. The van der Waals surface area contributed by atoms with Crippen molar-refractivity contribution < 1.29 is 9.72 Å². The maximum atomic E-state index is 12.1. The fourth-order valence-corrected chi connectivity index (χ4v) is 1.91. The maximum absolute atomic E-state index is 12.1. The van der Waals surface area contributed by atoms with Crippen LogP contribution in [-0.4, -0.2) is 15.8 Å². The summed E-state index contributed by atoms with van der Waals surface area (Å²) in [6, 6.07) is 5.79. The fourth-order valence-electron chi connectivity index (χ4n) is 1.61. The molecule has 0 aliphatic heterocycles. The van der Waals surface area contributed by atoms with Crippen LogP contribution < -0.4 is 5.32 Å². The number of carbonyl (C=O) groups excluding carboxylic acids is 1. The average Bonchev–Trinajstić information content (AvgIpc) is 2.43. The van der Waals surface area contributed by atoms with Gasteiger partial charge in [-0.25, -0.2) is 4.98 Å². The lowest BCUT2D eigenvalue weighted by molar-refractivity contribution is -0.385. The van der Waals surface area contributed by atoms with Crippen LogP contribution in [0, 0.1) is 17.0 Å². The minimum Gasteiger partial charge on any atom is -0.306 e. The van der Waals surface area contributed by atoms with Crippen LogP contribution in [0.15, 0.2) is 30.5 Å². The van der Waals surface area contributed by atoms with Crippen molar-refractivity contribution in [2.75, 3.05) is 5.32 Å². The Bertz CT molecular complexity index is 735. The zero-order chi connectivity index (χ0) is 15.6. The minimum atomic E-state index is -0.551. The number of aromatic nitrogens is 1. The fraction of sp³-hybridized carbons (Fsp3) is 0.0769. The highest BCUT2D eigenvalue weighted by Gasteiger charge is 2.13. The molecular weight excluding hydrogens is 317 g/mol. The Hall–Kier alpha value is -2.18. The Labute approximate surface area is 129 Å². The van der Waals surface area contributed by atoms with E-state index in [-0.39, 0.29) is 16.5 Å². The summed E-state index contributed by atoms with van der Waals surface area (Å²) in [6.45, 7) is 1.62. The van der Waals surface area contributed by atoms with Crippen LogP contribution in [0.3, 0.4) is 0 Å². The molecule has 0 saturated heterocycles. The van der Waals surface area contributed by atoms with Gasteiger partial charge in [0.05, 0.1) is 15.0 Å². The van der Waals surface area contributed by atoms with Gasteiger partial charge in [0.1, 0.15) is 12.0 Å². The molecule has 2 rings (SSSR count). The molecule has 1 heterocycles. The Morgan fingerprint density at radius 3 is 2.57 bits per heavy atom. The number of nitrogens with one attached hydrogen (secondary N) is 1. The summed E-state index contributed by atoms with van der Waals surface area (Å²) in [6.07, 6.45) is 1.08. The standard InChI is InChI=1S/C13H9Cl2N3O3/c1-7-4-9(18(20)21)6-16-12(7)17-13(19)8-2-3-10(14)11(15)5-8/h2-6H,1H3,(H,16,17,19). The quantitative estimate of drug-likeness (QED) is 0.685. The summed E-state index contributed by atoms with van der Waals surface area (Å²) in [5.74, 6) is -0.185. The van der Waals surface area contributed by atoms with E-state index in [0.29, 0.717) is 16.1 Å². The number of benzene rings is 1. The van der Waals surface area contributed by atoms with Crippen LogP contribution in [0.1, 0.15) is 15.9 Å². The molecule has 8 heteroatoms. The number of carbonyl (C=O) groups is 1. The molecule has 1 aromatic carbocycles. The largest absolute Gasteiger partial charge is 0.306 e. The van der Waals surface area contributed by atoms with Gasteiger partial charge in [-0.2, -0.15) is 0 Å². The van der Waals surface area contributed by atoms with E-state index >= 15 is 0 Å². The number of rotatable bonds is 3. The van der Waals surface area contributed by atoms with Crippen molar-refractivity contribution in [1.29, 1.82) is 0 Å². The Kier molecular flexibility index (Phi) is 4.40. The SMILES string of the molecule is Cc1cc([N+](=O)[O-])cnc1NC(=O)c1ccc(Cl)c(Cl)c1. The van der Waals surface area contributed by atoms with E-state index in [0.717, 1.165) is 6.20 Å². The van der Waals surface area contributed by atoms with Crippen LogP contribution in [0.4, 0.5) is 11.5 Å². The van der Waals surface area contributed by atoms with Crippen LogP contribution >= 0.6 is 23.2 Å². The molecule has 0 atom stereocenters. The molecule has 21 heavy (non-hydrogen) atoms. The lowest BCUT2D eigenvalue weighted by Gasteiger charge is -2.07. The molecule has 0 saturated carbocycles. The summed E-state index contributed by atoms with van der Waals surface area (Å²) in [5, 5.41) is 13.8. The predicted octanol–water partition coefficient (Wildman–Crippen LogP) is 3.86. The maximum Gasteiger partial charge on any atom is 0.287 e. The molecule has 108 valence electrons. The Balaban J connectivity index is 2.23. The van der Waals surface area contributed by atoms with Crippen LogP contribution in [-0.2, 0) is 0 Å². The molecule has 0 unspecified atom stereocenters. The van der Waals surface area contributed by atoms with Crippen LogP contribution in [0.5, 0.6) is 0 Å². The molecule has 0 radical (unpaired) electrons. The van der Waals surface area contributed by atoms with E-state index in [2.05, 4.69) is 10.3 Å². The predicted molar refractivity (Wildman–Crippen MR) is 80.0 cm³/mol. The average molecular weight is 326 g/mol. The zero-order valence-electron chi connectivity index (χ0n) is 10.8. The number of nitro groups is 1. The van der Waals surface area contributed by atoms with E-state index in [9.17, 15) is 14.9 Å². The second kappa shape index (κ2) is 6.07. The molecule has 0 spiro atoms. The van der Waals surface area contributed by atoms with Crippen molar-refractivity contribution in [1.82, 2.24) is 4.98 Å². The zero-order valence-corrected chi connectivity index (χ0v) is 12.3. The lowest BCUT2D eigenvalue weighted by Crippen LogP contribution is -2.14. The third-order valence-corrected chi connectivity index (χ3v) is 3.43. The van der Waals surface area contributed by atoms with Gasteiger partial charge in [0.15, 0.2) is 0 Å². The number of hydrogen-bond donors (Lipinski definition) is 1. The van der Waals surface area contributed by atoms with Gasteiger partial charge in [-0.15, -0.1) is 0 Å². The second-order valence-corrected chi connectivity index (χ2v) is 5.01. The Morgan fingerprint density at radius 2 is 2.00 bits per heavy atom. The monoisotopic (exact) mass is 325 g/mol. The Morgan fingerprint density at radius 1 is 1.29 bits per heavy atom. The number of pyridine rings is 1. The van der Waals surface area contributed by atoms with Crippen molar-refractivity contribution in [2.24, 2.45) is 0 Å². The van der Waals surface area contributed by atoms with Gasteiger partial charge in [0, 0.05) is 11.6 Å². The van der Waals surface area contributed by atoms with Crippen LogP contribution in [0.2, 0.25) is 10.0 Å². The number of nitrogens with zero attached hydrogens (tertiary/aromatic N) is 2. The molecule has 0 aliphatic rings. The molecular formula is C13H9Cl2N3O3. The van der Waals surface area contributed by atoms with Gasteiger partial charge in [-0.3, -0.25) is 14.9 Å². The summed E-state index contributed by atoms with van der Waals surface area (Å²) >= 11 is 11.6. The number of amides is 1. The van der Waals surface area contributed by atoms with Gasteiger partial charge in [-0.1, -0.05) is 23.2 Å². The van der Waals surface area contributed by atoms with Gasteiger partial charge >= 0.3 is 0 Å². The lowest BCUT2D eigenvalue weighted by atomic mass is 10.2. The van der Waals surface area contributed by atoms with Gasteiger partial charge < -0.3 is 5.32 Å². The van der Waals surface area contributed by atoms with E-state index < -0.39 is 10.8 Å². The number of aryl methyl sites for hydroxylation is 1. The summed E-state index contributed by atoms with van der Waals surface area (Å²) in [5.41, 5.74) is 0.654. The number of halogens is 2. The third-order valence-electron chi connectivity index (χ3n) is 2.69. The molecule has 1 N–H and O–H groups in total. The highest BCUT2D eigenvalue weighted by atomic mass is 35.5. The third kappa shape index (κ3) is 3.48. The second-order valence-electron chi connectivity index (χ2n) is 4.20. The van der Waals surface area contributed by atoms with Crippen molar-refractivity contribution >= 4 is 40.6 Å². The minimum absolute atomic E-state index is 0.139. The molecule has 0 bridgehead atoms. The smallest absolute Gasteiger partial charge is 0.287 e. The normalized spacial score (nSPS) is 10.2. The van der Waals surface area contributed by atoms with E-state index in [1.807, 2.05) is 0 Å². The molecule has 0 aliphatic carbocycles. The highest BCUT2D eigenvalue weighted by Crippen LogP contribution is 2.23. The first-order valence-electron chi connectivity index (χ1n) is 5.76. The van der Waals surface area contributed by atoms with Gasteiger partial charge in [0.2, 0.25) is 0 Å². The molecule has 6 nitrogen and oxygen atoms in total.